The van der Waals surface area contributed by atoms with Gasteiger partial charge in [0.2, 0.25) is 6.33 Å². The molecule has 0 aliphatic rings. The molecular formula is C12H14N2O3S. The van der Waals surface area contributed by atoms with E-state index in [2.05, 4.69) is 11.6 Å². The maximum Gasteiger partial charge on any atom is 0.246 e. The summed E-state index contributed by atoms with van der Waals surface area (Å²) in [6, 6.07) is 5.78. The van der Waals surface area contributed by atoms with E-state index in [0.29, 0.717) is 0 Å². The summed E-state index contributed by atoms with van der Waals surface area (Å²) in [5.74, 6) is 0. The minimum atomic E-state index is -4.27. The Balaban J connectivity index is 0.000000199. The van der Waals surface area contributed by atoms with E-state index in [1.54, 1.807) is 18.3 Å². The second-order valence-corrected chi connectivity index (χ2v) is 4.89. The molecule has 96 valence electrons. The smallest absolute Gasteiger partial charge is 0.246 e. The van der Waals surface area contributed by atoms with Gasteiger partial charge in [0.15, 0.2) is 0 Å². The topological polar surface area (TPSA) is 76.9 Å². The number of imidazole rings is 1. The number of aryl methyl sites for hydroxylation is 1. The lowest BCUT2D eigenvalue weighted by Crippen LogP contribution is -2.19. The lowest BCUT2D eigenvalue weighted by atomic mass is 10.2. The predicted octanol–water partition coefficient (Wildman–Crippen LogP) is 1.30. The summed E-state index contributed by atoms with van der Waals surface area (Å²) in [4.78, 5) is 2.69. The van der Waals surface area contributed by atoms with Gasteiger partial charge >= 0.3 is 0 Å². The van der Waals surface area contributed by atoms with Crippen molar-refractivity contribution in [1.29, 1.82) is 0 Å². The van der Waals surface area contributed by atoms with E-state index in [4.69, 9.17) is 0 Å². The van der Waals surface area contributed by atoms with Crippen molar-refractivity contribution < 1.29 is 17.5 Å². The monoisotopic (exact) mass is 266 g/mol. The van der Waals surface area contributed by atoms with Crippen LogP contribution in [0.25, 0.3) is 6.20 Å². The molecule has 1 aromatic heterocycles. The normalized spacial score (nSPS) is 10.3. The highest BCUT2D eigenvalue weighted by Gasteiger charge is 1.97. The van der Waals surface area contributed by atoms with Crippen molar-refractivity contribution in [3.8, 4) is 0 Å². The van der Waals surface area contributed by atoms with Crippen molar-refractivity contribution in [3.63, 3.8) is 0 Å². The summed E-state index contributed by atoms with van der Waals surface area (Å²) in [5.41, 5.74) is 0.928. The molecule has 1 aromatic carbocycles. The van der Waals surface area contributed by atoms with E-state index in [1.807, 2.05) is 30.2 Å². The summed E-state index contributed by atoms with van der Waals surface area (Å²) >= 11 is 0. The largest absolute Gasteiger partial charge is 0.744 e. The van der Waals surface area contributed by atoms with Crippen LogP contribution in [-0.4, -0.2) is 18.0 Å². The standard InChI is InChI=1S/C7H8O3S.C5H6N2/c1-6-2-4-7(5-3-6)11(8,9)10;1-2-7-4-3-6-5-7/h2-5H,1H3,(H,8,9,10);2-5H,1H2. The number of aromatic amines is 1. The quantitative estimate of drug-likeness (QED) is 0.657. The maximum atomic E-state index is 10.4. The molecule has 2 aromatic rings. The minimum absolute atomic E-state index is 0.178. The van der Waals surface area contributed by atoms with Crippen molar-refractivity contribution in [3.05, 3.63) is 55.1 Å². The van der Waals surface area contributed by atoms with Crippen LogP contribution in [0.3, 0.4) is 0 Å². The Morgan fingerprint density at radius 2 is 1.94 bits per heavy atom. The van der Waals surface area contributed by atoms with Crippen molar-refractivity contribution in [1.82, 2.24) is 4.98 Å². The van der Waals surface area contributed by atoms with E-state index in [1.165, 1.54) is 12.1 Å². The van der Waals surface area contributed by atoms with Gasteiger partial charge in [-0.05, 0) is 19.1 Å². The molecule has 0 radical (unpaired) electrons. The molecule has 0 atom stereocenters. The van der Waals surface area contributed by atoms with Crippen molar-refractivity contribution >= 4 is 16.3 Å². The van der Waals surface area contributed by atoms with Crippen molar-refractivity contribution in [2.45, 2.75) is 11.8 Å². The maximum absolute atomic E-state index is 10.4. The van der Waals surface area contributed by atoms with Gasteiger partial charge in [0, 0.05) is 0 Å². The molecule has 2 rings (SSSR count). The average Bonchev–Trinajstić information content (AvgIpc) is 2.82. The van der Waals surface area contributed by atoms with Crippen molar-refractivity contribution in [2.24, 2.45) is 0 Å². The fourth-order valence-corrected chi connectivity index (χ4v) is 1.59. The number of nitrogens with zero attached hydrogens (tertiary/aromatic N) is 1. The van der Waals surface area contributed by atoms with Crippen LogP contribution in [0.2, 0.25) is 0 Å². The summed E-state index contributed by atoms with van der Waals surface area (Å²) in [5, 5.41) is 0. The van der Waals surface area contributed by atoms with Gasteiger partial charge in [0.05, 0.1) is 11.1 Å². The van der Waals surface area contributed by atoms with Crippen LogP contribution in [0.1, 0.15) is 5.56 Å². The Hall–Kier alpha value is -1.92. The number of nitrogens with one attached hydrogen (secondary N) is 1. The van der Waals surface area contributed by atoms with E-state index < -0.39 is 10.1 Å². The van der Waals surface area contributed by atoms with Crippen LogP contribution >= 0.6 is 0 Å². The first-order chi connectivity index (χ1) is 8.43. The SMILES string of the molecule is C=C[n+]1cc[nH]c1.Cc1ccc(S(=O)(=O)[O-])cc1. The van der Waals surface area contributed by atoms with Gasteiger partial charge in [0.25, 0.3) is 0 Å². The highest BCUT2D eigenvalue weighted by molar-refractivity contribution is 7.85. The summed E-state index contributed by atoms with van der Waals surface area (Å²) in [6.45, 7) is 5.37. The molecule has 1 heterocycles. The first kappa shape index (κ1) is 14.1. The molecule has 18 heavy (non-hydrogen) atoms. The van der Waals surface area contributed by atoms with E-state index in [0.717, 1.165) is 5.56 Å². The van der Waals surface area contributed by atoms with Gasteiger partial charge in [-0.1, -0.05) is 24.3 Å². The van der Waals surface area contributed by atoms with Gasteiger partial charge in [-0.15, -0.1) is 0 Å². The van der Waals surface area contributed by atoms with Crippen LogP contribution in [-0.2, 0) is 10.1 Å². The average molecular weight is 266 g/mol. The molecular weight excluding hydrogens is 252 g/mol. The third-order valence-corrected chi connectivity index (χ3v) is 2.94. The van der Waals surface area contributed by atoms with Gasteiger partial charge in [-0.3, -0.25) is 0 Å². The summed E-state index contributed by atoms with van der Waals surface area (Å²) < 4.78 is 33.0. The van der Waals surface area contributed by atoms with Gasteiger partial charge in [0.1, 0.15) is 22.5 Å². The third kappa shape index (κ3) is 4.52. The zero-order chi connectivity index (χ0) is 13.6. The summed E-state index contributed by atoms with van der Waals surface area (Å²) in [6.07, 6.45) is 7.25. The number of rotatable bonds is 2. The minimum Gasteiger partial charge on any atom is -0.744 e. The number of benzene rings is 1. The Morgan fingerprint density at radius 1 is 1.33 bits per heavy atom. The second-order valence-electron chi connectivity index (χ2n) is 3.51. The van der Waals surface area contributed by atoms with E-state index in [9.17, 15) is 13.0 Å². The Morgan fingerprint density at radius 3 is 2.28 bits per heavy atom. The van der Waals surface area contributed by atoms with Crippen LogP contribution in [0.15, 0.2) is 54.5 Å². The molecule has 0 fully saturated rings. The highest BCUT2D eigenvalue weighted by Crippen LogP contribution is 2.08. The molecule has 1 N–H and O–H groups in total. The first-order valence-electron chi connectivity index (χ1n) is 5.12. The molecule has 0 amide bonds. The molecule has 0 aliphatic carbocycles. The molecule has 0 bridgehead atoms. The zero-order valence-electron chi connectivity index (χ0n) is 9.91. The molecule has 0 unspecified atom stereocenters. The number of H-pyrrole nitrogens is 1. The van der Waals surface area contributed by atoms with Crippen molar-refractivity contribution in [2.75, 3.05) is 0 Å². The number of aromatic nitrogens is 2. The van der Waals surface area contributed by atoms with Gasteiger partial charge < -0.3 is 4.55 Å². The summed E-state index contributed by atoms with van der Waals surface area (Å²) in [7, 11) is -4.27. The fraction of sp³-hybridized carbons (Fsp3) is 0.0833. The van der Waals surface area contributed by atoms with Gasteiger partial charge in [-0.2, -0.15) is 0 Å². The fourth-order valence-electron chi connectivity index (χ4n) is 1.12. The molecule has 6 heteroatoms. The van der Waals surface area contributed by atoms with E-state index in [-0.39, 0.29) is 4.90 Å². The second kappa shape index (κ2) is 6.13. The zero-order valence-corrected chi connectivity index (χ0v) is 10.7. The van der Waals surface area contributed by atoms with Crippen LogP contribution in [0, 0.1) is 6.92 Å². The Kier molecular flexibility index (Phi) is 4.82. The van der Waals surface area contributed by atoms with Crippen LogP contribution < -0.4 is 4.57 Å². The van der Waals surface area contributed by atoms with Gasteiger partial charge in [-0.25, -0.2) is 18.0 Å². The van der Waals surface area contributed by atoms with E-state index >= 15 is 0 Å². The Labute approximate surface area is 106 Å². The van der Waals surface area contributed by atoms with Crippen LogP contribution in [0.5, 0.6) is 0 Å². The molecule has 0 aliphatic heterocycles. The lowest BCUT2D eigenvalue weighted by Gasteiger charge is -2.05. The molecule has 0 saturated heterocycles. The Bertz CT molecular complexity index is 587. The number of hydrogen-bond donors (Lipinski definition) is 1. The molecule has 5 nitrogen and oxygen atoms in total. The first-order valence-corrected chi connectivity index (χ1v) is 6.53. The highest BCUT2D eigenvalue weighted by atomic mass is 32.2. The van der Waals surface area contributed by atoms with Crippen LogP contribution in [0.4, 0.5) is 0 Å². The number of hydrogen-bond acceptors (Lipinski definition) is 3. The molecule has 0 saturated carbocycles. The third-order valence-electron chi connectivity index (χ3n) is 2.09. The lowest BCUT2D eigenvalue weighted by molar-refractivity contribution is -0.566. The molecule has 0 spiro atoms. The predicted molar refractivity (Wildman–Crippen MR) is 66.5 cm³/mol.